The van der Waals surface area contributed by atoms with Gasteiger partial charge in [0.25, 0.3) is 0 Å². The lowest BCUT2D eigenvalue weighted by Gasteiger charge is -2.17. The summed E-state index contributed by atoms with van der Waals surface area (Å²) in [4.78, 5) is 30.6. The van der Waals surface area contributed by atoms with E-state index in [0.29, 0.717) is 25.4 Å². The van der Waals surface area contributed by atoms with Gasteiger partial charge in [0.15, 0.2) is 0 Å². The highest BCUT2D eigenvalue weighted by Crippen LogP contribution is 2.28. The molecule has 3 aromatic rings. The van der Waals surface area contributed by atoms with E-state index in [1.54, 1.807) is 35.2 Å². The van der Waals surface area contributed by atoms with E-state index in [2.05, 4.69) is 15.4 Å². The summed E-state index contributed by atoms with van der Waals surface area (Å²) in [6.07, 6.45) is 5.54. The number of benzene rings is 1. The Morgan fingerprint density at radius 2 is 2.07 bits per heavy atom. The number of hydrogen-bond acceptors (Lipinski definition) is 5. The van der Waals surface area contributed by atoms with E-state index < -0.39 is 0 Å². The normalized spacial score (nSPS) is 16.0. The molecule has 2 amide bonds. The molecule has 1 atom stereocenters. The minimum Gasteiger partial charge on any atom is -0.497 e. The molecule has 8 heteroatoms. The second-order valence-corrected chi connectivity index (χ2v) is 7.10. The van der Waals surface area contributed by atoms with Crippen molar-refractivity contribution in [3.8, 4) is 17.0 Å². The van der Waals surface area contributed by atoms with Crippen LogP contribution in [-0.2, 0) is 16.1 Å². The van der Waals surface area contributed by atoms with Crippen LogP contribution in [0.5, 0.6) is 5.75 Å². The predicted molar refractivity (Wildman–Crippen MR) is 112 cm³/mol. The van der Waals surface area contributed by atoms with Crippen LogP contribution in [0.25, 0.3) is 11.3 Å². The highest BCUT2D eigenvalue weighted by molar-refractivity contribution is 6.00. The van der Waals surface area contributed by atoms with Gasteiger partial charge in [0.05, 0.1) is 25.3 Å². The first-order valence-electron chi connectivity index (χ1n) is 9.80. The van der Waals surface area contributed by atoms with Crippen LogP contribution in [0.1, 0.15) is 6.42 Å². The fourth-order valence-corrected chi connectivity index (χ4v) is 3.51. The van der Waals surface area contributed by atoms with Crippen LogP contribution in [0.3, 0.4) is 0 Å². The molecule has 30 heavy (non-hydrogen) atoms. The van der Waals surface area contributed by atoms with Crippen LogP contribution in [0, 0.1) is 5.92 Å². The maximum Gasteiger partial charge on any atom is 0.227 e. The van der Waals surface area contributed by atoms with E-state index in [1.807, 2.05) is 42.6 Å². The van der Waals surface area contributed by atoms with Gasteiger partial charge >= 0.3 is 0 Å². The van der Waals surface area contributed by atoms with Crippen molar-refractivity contribution in [1.29, 1.82) is 0 Å². The molecule has 4 rings (SSSR count). The highest BCUT2D eigenvalue weighted by atomic mass is 16.5. The van der Waals surface area contributed by atoms with E-state index in [1.165, 1.54) is 0 Å². The van der Waals surface area contributed by atoms with Gasteiger partial charge in [-0.3, -0.25) is 19.3 Å². The summed E-state index contributed by atoms with van der Waals surface area (Å²) >= 11 is 0. The molecular formula is C22H23N5O3. The topological polar surface area (TPSA) is 89.3 Å². The number of aromatic nitrogens is 3. The Labute approximate surface area is 174 Å². The Kier molecular flexibility index (Phi) is 5.74. The molecule has 0 aliphatic carbocycles. The third-order valence-electron chi connectivity index (χ3n) is 5.12. The Hall–Kier alpha value is -3.68. The van der Waals surface area contributed by atoms with Crippen LogP contribution >= 0.6 is 0 Å². The van der Waals surface area contributed by atoms with Gasteiger partial charge in [0.1, 0.15) is 5.75 Å². The molecule has 0 spiro atoms. The zero-order valence-electron chi connectivity index (χ0n) is 16.7. The summed E-state index contributed by atoms with van der Waals surface area (Å²) < 4.78 is 7.01. The number of carbonyl (C=O) groups is 2. The largest absolute Gasteiger partial charge is 0.497 e. The zero-order valence-corrected chi connectivity index (χ0v) is 16.7. The van der Waals surface area contributed by atoms with Crippen LogP contribution in [0.2, 0.25) is 0 Å². The van der Waals surface area contributed by atoms with Gasteiger partial charge in [0.2, 0.25) is 11.8 Å². The molecule has 2 aromatic heterocycles. The van der Waals surface area contributed by atoms with E-state index >= 15 is 0 Å². The third kappa shape index (κ3) is 4.32. The predicted octanol–water partition coefficient (Wildman–Crippen LogP) is 2.12. The van der Waals surface area contributed by atoms with Gasteiger partial charge in [-0.15, -0.1) is 0 Å². The number of rotatable bonds is 7. The first-order chi connectivity index (χ1) is 14.6. The Morgan fingerprint density at radius 1 is 1.23 bits per heavy atom. The molecule has 1 N–H and O–H groups in total. The van der Waals surface area contributed by atoms with Crippen molar-refractivity contribution < 1.29 is 14.3 Å². The summed E-state index contributed by atoms with van der Waals surface area (Å²) in [6.45, 7) is 1.36. The third-order valence-corrected chi connectivity index (χ3v) is 5.12. The smallest absolute Gasteiger partial charge is 0.227 e. The molecule has 0 radical (unpaired) electrons. The fourth-order valence-electron chi connectivity index (χ4n) is 3.51. The number of hydrogen-bond donors (Lipinski definition) is 1. The van der Waals surface area contributed by atoms with Gasteiger partial charge in [-0.05, 0) is 30.3 Å². The lowest BCUT2D eigenvalue weighted by Crippen LogP contribution is -2.34. The highest BCUT2D eigenvalue weighted by Gasteiger charge is 2.35. The Morgan fingerprint density at radius 3 is 2.87 bits per heavy atom. The molecule has 0 saturated carbocycles. The second kappa shape index (κ2) is 8.77. The summed E-state index contributed by atoms with van der Waals surface area (Å²) in [5.41, 5.74) is 2.60. The standard InChI is InChI=1S/C22H23N5O3/c1-30-19-4-2-3-18(14-19)27-15-17(13-21(27)28)22(29)24-10-12-26-11-7-20(25-26)16-5-8-23-9-6-16/h2-9,11,14,17H,10,12-13,15H2,1H3,(H,24,29)/t17-/m1/s1. The van der Waals surface area contributed by atoms with E-state index in [4.69, 9.17) is 4.74 Å². The van der Waals surface area contributed by atoms with Crippen LogP contribution in [0.15, 0.2) is 61.1 Å². The van der Waals surface area contributed by atoms with Crippen molar-refractivity contribution in [2.24, 2.45) is 5.92 Å². The van der Waals surface area contributed by atoms with Gasteiger partial charge in [0, 0.05) is 55.4 Å². The fraction of sp³-hybridized carbons (Fsp3) is 0.273. The minimum atomic E-state index is -0.367. The lowest BCUT2D eigenvalue weighted by molar-refractivity contribution is -0.126. The van der Waals surface area contributed by atoms with Crippen LogP contribution < -0.4 is 15.0 Å². The molecule has 3 heterocycles. The number of carbonyl (C=O) groups excluding carboxylic acids is 2. The van der Waals surface area contributed by atoms with E-state index in [0.717, 1.165) is 16.9 Å². The Bertz CT molecular complexity index is 1030. The number of pyridine rings is 1. The number of nitrogens with one attached hydrogen (secondary N) is 1. The van der Waals surface area contributed by atoms with E-state index in [9.17, 15) is 9.59 Å². The van der Waals surface area contributed by atoms with Crippen molar-refractivity contribution in [2.45, 2.75) is 13.0 Å². The van der Waals surface area contributed by atoms with Crippen LogP contribution in [0.4, 0.5) is 5.69 Å². The van der Waals surface area contributed by atoms with Gasteiger partial charge in [-0.25, -0.2) is 0 Å². The Balaban J connectivity index is 1.29. The van der Waals surface area contributed by atoms with Crippen molar-refractivity contribution >= 4 is 17.5 Å². The summed E-state index contributed by atoms with van der Waals surface area (Å²) in [5, 5.41) is 7.44. The maximum absolute atomic E-state index is 12.6. The molecule has 1 aliphatic rings. The van der Waals surface area contributed by atoms with Crippen molar-refractivity contribution in [3.63, 3.8) is 0 Å². The molecule has 0 unspecified atom stereocenters. The maximum atomic E-state index is 12.6. The summed E-state index contributed by atoms with van der Waals surface area (Å²) in [6, 6.07) is 13.0. The van der Waals surface area contributed by atoms with Gasteiger partial charge < -0.3 is 15.0 Å². The van der Waals surface area contributed by atoms with Crippen molar-refractivity contribution in [1.82, 2.24) is 20.1 Å². The molecule has 8 nitrogen and oxygen atoms in total. The van der Waals surface area contributed by atoms with Crippen LogP contribution in [-0.4, -0.2) is 46.8 Å². The zero-order chi connectivity index (χ0) is 20.9. The SMILES string of the molecule is COc1cccc(N2C[C@H](C(=O)NCCn3ccc(-c4ccncc4)n3)CC2=O)c1. The molecule has 1 saturated heterocycles. The average Bonchev–Trinajstić information content (AvgIpc) is 3.41. The number of anilines is 1. The molecule has 0 bridgehead atoms. The summed E-state index contributed by atoms with van der Waals surface area (Å²) in [5.74, 6) is 0.139. The average molecular weight is 405 g/mol. The summed E-state index contributed by atoms with van der Waals surface area (Å²) in [7, 11) is 1.58. The lowest BCUT2D eigenvalue weighted by atomic mass is 10.1. The van der Waals surface area contributed by atoms with E-state index in [-0.39, 0.29) is 24.2 Å². The van der Waals surface area contributed by atoms with Gasteiger partial charge in [-0.1, -0.05) is 6.07 Å². The molecular weight excluding hydrogens is 382 g/mol. The van der Waals surface area contributed by atoms with Gasteiger partial charge in [-0.2, -0.15) is 5.10 Å². The molecule has 1 aliphatic heterocycles. The number of amides is 2. The first-order valence-corrected chi connectivity index (χ1v) is 9.80. The monoisotopic (exact) mass is 405 g/mol. The minimum absolute atomic E-state index is 0.0579. The first kappa shape index (κ1) is 19.6. The quantitative estimate of drug-likeness (QED) is 0.650. The molecule has 1 fully saturated rings. The number of methoxy groups -OCH3 is 1. The molecule has 154 valence electrons. The molecule has 1 aromatic carbocycles. The van der Waals surface area contributed by atoms with Crippen molar-refractivity contribution in [2.75, 3.05) is 25.1 Å². The number of nitrogens with zero attached hydrogens (tertiary/aromatic N) is 4. The van der Waals surface area contributed by atoms with Crippen molar-refractivity contribution in [3.05, 3.63) is 61.1 Å². The number of ether oxygens (including phenoxy) is 1. The second-order valence-electron chi connectivity index (χ2n) is 7.10.